The average Bonchev–Trinajstić information content (AvgIpc) is 2.64. The number of nitrogens with zero attached hydrogens (tertiary/aromatic N) is 1. The second-order valence-electron chi connectivity index (χ2n) is 5.68. The predicted octanol–water partition coefficient (Wildman–Crippen LogP) is 3.02. The first-order valence-corrected chi connectivity index (χ1v) is 8.42. The molecule has 5 nitrogen and oxygen atoms in total. The van der Waals surface area contributed by atoms with Crippen molar-refractivity contribution >= 4 is 23.4 Å². The maximum atomic E-state index is 12.9. The summed E-state index contributed by atoms with van der Waals surface area (Å²) in [7, 11) is 1.51. The molecule has 0 heterocycles. The van der Waals surface area contributed by atoms with Gasteiger partial charge in [0.2, 0.25) is 5.91 Å². The van der Waals surface area contributed by atoms with E-state index in [9.17, 15) is 14.0 Å². The molecule has 0 unspecified atom stereocenters. The van der Waals surface area contributed by atoms with Crippen LogP contribution in [0.25, 0.3) is 0 Å². The Morgan fingerprint density at radius 3 is 2.54 bits per heavy atom. The lowest BCUT2D eigenvalue weighted by atomic mass is 10.1. The summed E-state index contributed by atoms with van der Waals surface area (Å²) in [5, 5.41) is 3.08. The van der Waals surface area contributed by atoms with E-state index in [0.717, 1.165) is 5.56 Å². The van der Waals surface area contributed by atoms with Crippen molar-refractivity contribution in [2.45, 2.75) is 19.5 Å². The number of ether oxygens (including phenoxy) is 1. The third-order valence-corrected chi connectivity index (χ3v) is 4.07. The van der Waals surface area contributed by atoms with E-state index in [4.69, 9.17) is 16.3 Å². The third-order valence-electron chi connectivity index (χ3n) is 3.83. The van der Waals surface area contributed by atoms with Crippen molar-refractivity contribution in [1.29, 1.82) is 0 Å². The van der Waals surface area contributed by atoms with E-state index in [1.165, 1.54) is 36.2 Å². The van der Waals surface area contributed by atoms with E-state index in [0.29, 0.717) is 10.8 Å². The number of carbonyl (C=O) groups excluding carboxylic acids is 2. The van der Waals surface area contributed by atoms with Crippen LogP contribution in [-0.4, -0.2) is 36.4 Å². The van der Waals surface area contributed by atoms with Crippen molar-refractivity contribution in [2.24, 2.45) is 0 Å². The minimum absolute atomic E-state index is 0.209. The van der Waals surface area contributed by atoms with E-state index in [2.05, 4.69) is 5.32 Å². The third kappa shape index (κ3) is 5.46. The number of likely N-dealkylation sites (N-methyl/N-ethyl adjacent to an activating group) is 1. The van der Waals surface area contributed by atoms with Crippen molar-refractivity contribution in [3.63, 3.8) is 0 Å². The fourth-order valence-corrected chi connectivity index (χ4v) is 2.60. The van der Waals surface area contributed by atoms with E-state index in [-0.39, 0.29) is 30.8 Å². The lowest BCUT2D eigenvalue weighted by molar-refractivity contribution is -0.142. The standard InChI is InChI=1S/C19H20ClFN2O3/c1-13(19(25)22-2)23(11-14-4-3-5-15(20)10-14)18(24)12-26-17-8-6-16(21)7-9-17/h3-10,13H,11-12H2,1-2H3,(H,22,25)/t13-/m0/s1. The van der Waals surface area contributed by atoms with Gasteiger partial charge in [-0.2, -0.15) is 0 Å². The fraction of sp³-hybridized carbons (Fsp3) is 0.263. The zero-order valence-electron chi connectivity index (χ0n) is 14.5. The molecule has 0 spiro atoms. The Hall–Kier alpha value is -2.60. The Balaban J connectivity index is 2.12. The maximum absolute atomic E-state index is 12.9. The smallest absolute Gasteiger partial charge is 0.261 e. The van der Waals surface area contributed by atoms with Gasteiger partial charge in [-0.25, -0.2) is 4.39 Å². The average molecular weight is 379 g/mol. The lowest BCUT2D eigenvalue weighted by Gasteiger charge is -2.28. The molecule has 138 valence electrons. The van der Waals surface area contributed by atoms with Crippen LogP contribution in [0.5, 0.6) is 5.75 Å². The zero-order chi connectivity index (χ0) is 19.1. The molecule has 2 aromatic carbocycles. The highest BCUT2D eigenvalue weighted by Gasteiger charge is 2.25. The van der Waals surface area contributed by atoms with Crippen LogP contribution < -0.4 is 10.1 Å². The molecule has 0 aromatic heterocycles. The fourth-order valence-electron chi connectivity index (χ4n) is 2.38. The minimum Gasteiger partial charge on any atom is -0.484 e. The monoisotopic (exact) mass is 378 g/mol. The van der Waals surface area contributed by atoms with Crippen LogP contribution in [0.1, 0.15) is 12.5 Å². The molecule has 26 heavy (non-hydrogen) atoms. The van der Waals surface area contributed by atoms with Gasteiger partial charge in [-0.3, -0.25) is 9.59 Å². The van der Waals surface area contributed by atoms with Gasteiger partial charge in [0.15, 0.2) is 6.61 Å². The number of carbonyl (C=O) groups is 2. The molecule has 2 aromatic rings. The molecule has 0 aliphatic rings. The highest BCUT2D eigenvalue weighted by Crippen LogP contribution is 2.16. The van der Waals surface area contributed by atoms with Gasteiger partial charge < -0.3 is 15.0 Å². The molecule has 1 atom stereocenters. The molecule has 2 amide bonds. The van der Waals surface area contributed by atoms with Crippen LogP contribution >= 0.6 is 11.6 Å². The predicted molar refractivity (Wildman–Crippen MR) is 97.4 cm³/mol. The van der Waals surface area contributed by atoms with Gasteiger partial charge >= 0.3 is 0 Å². The molecule has 0 aliphatic carbocycles. The number of halogens is 2. The van der Waals surface area contributed by atoms with Crippen LogP contribution in [0.3, 0.4) is 0 Å². The lowest BCUT2D eigenvalue weighted by Crippen LogP contribution is -2.48. The second kappa shape index (κ2) is 9.20. The number of benzene rings is 2. The van der Waals surface area contributed by atoms with Crippen LogP contribution in [0.15, 0.2) is 48.5 Å². The van der Waals surface area contributed by atoms with Gasteiger partial charge in [0.05, 0.1) is 0 Å². The van der Waals surface area contributed by atoms with E-state index >= 15 is 0 Å². The summed E-state index contributed by atoms with van der Waals surface area (Å²) in [6.45, 7) is 1.58. The number of hydrogen-bond acceptors (Lipinski definition) is 3. The SMILES string of the molecule is CNC(=O)[C@H](C)N(Cc1cccc(Cl)c1)C(=O)COc1ccc(F)cc1. The summed E-state index contributed by atoms with van der Waals surface area (Å²) in [5.41, 5.74) is 0.795. The Morgan fingerprint density at radius 2 is 1.92 bits per heavy atom. The molecule has 0 bridgehead atoms. The van der Waals surface area contributed by atoms with E-state index in [1.54, 1.807) is 25.1 Å². The van der Waals surface area contributed by atoms with Gasteiger partial charge in [0, 0.05) is 18.6 Å². The first-order valence-electron chi connectivity index (χ1n) is 8.04. The summed E-state index contributed by atoms with van der Waals surface area (Å²) in [4.78, 5) is 26.1. The molecule has 1 N–H and O–H groups in total. The van der Waals surface area contributed by atoms with Gasteiger partial charge in [0.25, 0.3) is 5.91 Å². The highest BCUT2D eigenvalue weighted by atomic mass is 35.5. The first-order chi connectivity index (χ1) is 12.4. The molecule has 0 saturated heterocycles. The van der Waals surface area contributed by atoms with Gasteiger partial charge in [-0.15, -0.1) is 0 Å². The van der Waals surface area contributed by atoms with Crippen LogP contribution in [0.2, 0.25) is 5.02 Å². The van der Waals surface area contributed by atoms with Crippen molar-refractivity contribution < 1.29 is 18.7 Å². The van der Waals surface area contributed by atoms with Gasteiger partial charge in [0.1, 0.15) is 17.6 Å². The Bertz CT molecular complexity index is 768. The number of rotatable bonds is 7. The van der Waals surface area contributed by atoms with Crippen molar-refractivity contribution in [2.75, 3.05) is 13.7 Å². The minimum atomic E-state index is -0.691. The van der Waals surface area contributed by atoms with E-state index < -0.39 is 6.04 Å². The van der Waals surface area contributed by atoms with Crippen LogP contribution in [0.4, 0.5) is 4.39 Å². The summed E-state index contributed by atoms with van der Waals surface area (Å²) in [5.74, 6) is -0.679. The summed E-state index contributed by atoms with van der Waals surface area (Å²) in [6.07, 6.45) is 0. The number of nitrogens with one attached hydrogen (secondary N) is 1. The van der Waals surface area contributed by atoms with Gasteiger partial charge in [-0.1, -0.05) is 23.7 Å². The Labute approximate surface area is 156 Å². The molecular formula is C19H20ClFN2O3. The van der Waals surface area contributed by atoms with Gasteiger partial charge in [-0.05, 0) is 48.9 Å². The topological polar surface area (TPSA) is 58.6 Å². The Kier molecular flexibility index (Phi) is 6.97. The Morgan fingerprint density at radius 1 is 1.23 bits per heavy atom. The molecular weight excluding hydrogens is 359 g/mol. The normalized spacial score (nSPS) is 11.5. The summed E-state index contributed by atoms with van der Waals surface area (Å²) in [6, 6.07) is 11.7. The van der Waals surface area contributed by atoms with Crippen molar-refractivity contribution in [3.05, 3.63) is 64.9 Å². The quantitative estimate of drug-likeness (QED) is 0.805. The summed E-state index contributed by atoms with van der Waals surface area (Å²) >= 11 is 5.99. The molecule has 0 saturated carbocycles. The number of amides is 2. The highest BCUT2D eigenvalue weighted by molar-refractivity contribution is 6.30. The van der Waals surface area contributed by atoms with Crippen molar-refractivity contribution in [3.8, 4) is 5.75 Å². The molecule has 2 rings (SSSR count). The second-order valence-corrected chi connectivity index (χ2v) is 6.12. The maximum Gasteiger partial charge on any atom is 0.261 e. The summed E-state index contributed by atoms with van der Waals surface area (Å²) < 4.78 is 18.3. The molecule has 0 fully saturated rings. The number of hydrogen-bond donors (Lipinski definition) is 1. The van der Waals surface area contributed by atoms with Crippen LogP contribution in [-0.2, 0) is 16.1 Å². The molecule has 0 radical (unpaired) electrons. The zero-order valence-corrected chi connectivity index (χ0v) is 15.3. The molecule has 7 heteroatoms. The molecule has 0 aliphatic heterocycles. The van der Waals surface area contributed by atoms with Crippen LogP contribution in [0, 0.1) is 5.82 Å². The first kappa shape index (κ1) is 19.7. The van der Waals surface area contributed by atoms with Crippen molar-refractivity contribution in [1.82, 2.24) is 10.2 Å². The van der Waals surface area contributed by atoms with E-state index in [1.807, 2.05) is 6.07 Å². The largest absolute Gasteiger partial charge is 0.484 e.